The van der Waals surface area contributed by atoms with E-state index in [0.717, 1.165) is 0 Å². The predicted octanol–water partition coefficient (Wildman–Crippen LogP) is 4.20. The third-order valence-corrected chi connectivity index (χ3v) is 4.04. The summed E-state index contributed by atoms with van der Waals surface area (Å²) in [5.74, 6) is -2.38. The fourth-order valence-corrected chi connectivity index (χ4v) is 2.57. The highest BCUT2D eigenvalue weighted by Gasteiger charge is 2.19. The Balaban J connectivity index is 1.93. The Morgan fingerprint density at radius 1 is 1.33 bits per heavy atom. The van der Waals surface area contributed by atoms with Crippen LogP contribution in [0.2, 0.25) is 5.02 Å². The van der Waals surface area contributed by atoms with E-state index in [-0.39, 0.29) is 34.9 Å². The third-order valence-electron chi connectivity index (χ3n) is 3.06. The summed E-state index contributed by atoms with van der Waals surface area (Å²) in [6, 6.07) is 9.88. The van der Waals surface area contributed by atoms with Crippen LogP contribution in [0.1, 0.15) is 10.4 Å². The molecule has 2 rings (SSSR count). The molecule has 128 valence electrons. The number of pyridine rings is 1. The van der Waals surface area contributed by atoms with Gasteiger partial charge in [-0.2, -0.15) is 8.78 Å². The molecule has 1 aromatic heterocycles. The number of alkyl halides is 2. The molecule has 0 atom stereocenters. The molecule has 0 fully saturated rings. The number of rotatable bonds is 7. The van der Waals surface area contributed by atoms with Gasteiger partial charge in [-0.3, -0.25) is 4.79 Å². The number of aromatic nitrogens is 1. The molecule has 0 radical (unpaired) electrons. The monoisotopic (exact) mass is 372 g/mol. The second-order valence-corrected chi connectivity index (χ2v) is 6.18. The predicted molar refractivity (Wildman–Crippen MR) is 90.0 cm³/mol. The van der Waals surface area contributed by atoms with Crippen molar-refractivity contribution in [2.24, 2.45) is 0 Å². The van der Waals surface area contributed by atoms with E-state index >= 15 is 0 Å². The number of halogens is 3. The highest BCUT2D eigenvalue weighted by Crippen LogP contribution is 2.26. The van der Waals surface area contributed by atoms with Crippen molar-refractivity contribution < 1.29 is 18.3 Å². The van der Waals surface area contributed by atoms with Crippen molar-refractivity contribution in [1.29, 1.82) is 0 Å². The first kappa shape index (κ1) is 18.5. The SMILES string of the molecule is CN(CCOc1ccc(Cl)cc1)C(=O)c1cccnc1SC(F)F. The first-order valence-corrected chi connectivity index (χ1v) is 8.27. The lowest BCUT2D eigenvalue weighted by Gasteiger charge is -2.18. The minimum atomic E-state index is -2.63. The molecule has 0 bridgehead atoms. The summed E-state index contributed by atoms with van der Waals surface area (Å²) in [6.45, 7) is 0.566. The van der Waals surface area contributed by atoms with Crippen molar-refractivity contribution in [3.05, 3.63) is 53.2 Å². The lowest BCUT2D eigenvalue weighted by atomic mass is 10.2. The van der Waals surface area contributed by atoms with E-state index < -0.39 is 5.76 Å². The highest BCUT2D eigenvalue weighted by molar-refractivity contribution is 7.99. The Morgan fingerprint density at radius 2 is 2.04 bits per heavy atom. The molecule has 2 aromatic rings. The molecule has 0 unspecified atom stereocenters. The van der Waals surface area contributed by atoms with E-state index in [0.29, 0.717) is 17.3 Å². The number of amides is 1. The second-order valence-electron chi connectivity index (χ2n) is 4.76. The molecule has 0 N–H and O–H groups in total. The Morgan fingerprint density at radius 3 is 2.71 bits per heavy atom. The molecule has 0 spiro atoms. The van der Waals surface area contributed by atoms with Gasteiger partial charge in [-0.15, -0.1) is 0 Å². The van der Waals surface area contributed by atoms with Gasteiger partial charge >= 0.3 is 0 Å². The van der Waals surface area contributed by atoms with Crippen molar-refractivity contribution in [3.8, 4) is 5.75 Å². The van der Waals surface area contributed by atoms with Gasteiger partial charge in [-0.1, -0.05) is 11.6 Å². The number of benzene rings is 1. The second kappa shape index (κ2) is 8.84. The maximum absolute atomic E-state index is 12.6. The Kier molecular flexibility index (Phi) is 6.81. The lowest BCUT2D eigenvalue weighted by molar-refractivity contribution is 0.0769. The van der Waals surface area contributed by atoms with Gasteiger partial charge in [0.25, 0.3) is 11.7 Å². The molecule has 1 heterocycles. The van der Waals surface area contributed by atoms with Crippen LogP contribution in [0.15, 0.2) is 47.6 Å². The number of carbonyl (C=O) groups is 1. The number of hydrogen-bond acceptors (Lipinski definition) is 4. The maximum Gasteiger partial charge on any atom is 0.290 e. The van der Waals surface area contributed by atoms with Gasteiger partial charge in [-0.25, -0.2) is 4.98 Å². The molecule has 0 saturated heterocycles. The van der Waals surface area contributed by atoms with Crippen LogP contribution in [0, 0.1) is 0 Å². The summed E-state index contributed by atoms with van der Waals surface area (Å²) in [5.41, 5.74) is 0.150. The molecule has 1 amide bonds. The first-order valence-electron chi connectivity index (χ1n) is 7.01. The third kappa shape index (κ3) is 5.35. The van der Waals surface area contributed by atoms with Crippen LogP contribution in [-0.2, 0) is 0 Å². The number of ether oxygens (including phenoxy) is 1. The summed E-state index contributed by atoms with van der Waals surface area (Å²) >= 11 is 6.04. The summed E-state index contributed by atoms with van der Waals surface area (Å²) in [7, 11) is 1.58. The smallest absolute Gasteiger partial charge is 0.290 e. The van der Waals surface area contributed by atoms with Crippen molar-refractivity contribution in [3.63, 3.8) is 0 Å². The van der Waals surface area contributed by atoms with E-state index in [1.807, 2.05) is 0 Å². The van der Waals surface area contributed by atoms with Crippen LogP contribution in [0.4, 0.5) is 8.78 Å². The van der Waals surface area contributed by atoms with Gasteiger partial charge < -0.3 is 9.64 Å². The summed E-state index contributed by atoms with van der Waals surface area (Å²) in [6.07, 6.45) is 1.38. The quantitative estimate of drug-likeness (QED) is 0.683. The lowest BCUT2D eigenvalue weighted by Crippen LogP contribution is -2.31. The normalized spacial score (nSPS) is 10.7. The first-order chi connectivity index (χ1) is 11.5. The van der Waals surface area contributed by atoms with Crippen LogP contribution in [-0.4, -0.2) is 41.7 Å². The van der Waals surface area contributed by atoms with Gasteiger partial charge in [0.2, 0.25) is 0 Å². The van der Waals surface area contributed by atoms with E-state index in [1.54, 1.807) is 37.4 Å². The molecule has 1 aromatic carbocycles. The van der Waals surface area contributed by atoms with Crippen LogP contribution in [0.25, 0.3) is 0 Å². The summed E-state index contributed by atoms with van der Waals surface area (Å²) < 4.78 is 30.6. The van der Waals surface area contributed by atoms with Crippen molar-refractivity contribution in [1.82, 2.24) is 9.88 Å². The average molecular weight is 373 g/mol. The van der Waals surface area contributed by atoms with Gasteiger partial charge in [0, 0.05) is 18.3 Å². The molecular formula is C16H15ClF2N2O2S. The molecule has 8 heteroatoms. The molecule has 0 aliphatic heterocycles. The van der Waals surface area contributed by atoms with Crippen LogP contribution < -0.4 is 4.74 Å². The molecule has 0 aliphatic carbocycles. The number of nitrogens with zero attached hydrogens (tertiary/aromatic N) is 2. The van der Waals surface area contributed by atoms with Gasteiger partial charge in [0.15, 0.2) is 0 Å². The largest absolute Gasteiger partial charge is 0.492 e. The Bertz CT molecular complexity index is 686. The Labute approximate surface area is 147 Å². The topological polar surface area (TPSA) is 42.4 Å². The number of hydrogen-bond donors (Lipinski definition) is 0. The van der Waals surface area contributed by atoms with Gasteiger partial charge in [0.05, 0.1) is 12.1 Å². The molecule has 4 nitrogen and oxygen atoms in total. The van der Waals surface area contributed by atoms with Crippen LogP contribution in [0.5, 0.6) is 5.75 Å². The van der Waals surface area contributed by atoms with E-state index in [9.17, 15) is 13.6 Å². The van der Waals surface area contributed by atoms with Crippen molar-refractivity contribution in [2.75, 3.05) is 20.2 Å². The average Bonchev–Trinajstić information content (AvgIpc) is 2.56. The fourth-order valence-electron chi connectivity index (χ4n) is 1.87. The summed E-state index contributed by atoms with van der Waals surface area (Å²) in [5, 5.41) is 0.623. The minimum Gasteiger partial charge on any atom is -0.492 e. The molecular weight excluding hydrogens is 358 g/mol. The van der Waals surface area contributed by atoms with E-state index in [2.05, 4.69) is 4.98 Å². The fraction of sp³-hybridized carbons (Fsp3) is 0.250. The van der Waals surface area contributed by atoms with Crippen LogP contribution >= 0.6 is 23.4 Å². The number of likely N-dealkylation sites (N-methyl/N-ethyl adjacent to an activating group) is 1. The summed E-state index contributed by atoms with van der Waals surface area (Å²) in [4.78, 5) is 17.6. The standard InChI is InChI=1S/C16H15ClF2N2O2S/c1-21(9-10-23-12-6-4-11(17)5-7-12)15(22)13-3-2-8-20-14(13)24-16(18)19/h2-8,16H,9-10H2,1H3. The zero-order valence-electron chi connectivity index (χ0n) is 12.8. The van der Waals surface area contributed by atoms with Gasteiger partial charge in [0.1, 0.15) is 17.4 Å². The maximum atomic E-state index is 12.6. The van der Waals surface area contributed by atoms with E-state index in [1.165, 1.54) is 17.2 Å². The van der Waals surface area contributed by atoms with Crippen molar-refractivity contribution >= 4 is 29.3 Å². The van der Waals surface area contributed by atoms with Crippen molar-refractivity contribution in [2.45, 2.75) is 10.8 Å². The van der Waals surface area contributed by atoms with E-state index in [4.69, 9.17) is 16.3 Å². The molecule has 24 heavy (non-hydrogen) atoms. The van der Waals surface area contributed by atoms with Gasteiger partial charge in [-0.05, 0) is 48.2 Å². The zero-order chi connectivity index (χ0) is 17.5. The molecule has 0 aliphatic rings. The molecule has 0 saturated carbocycles. The minimum absolute atomic E-state index is 0.0166. The number of thioether (sulfide) groups is 1. The zero-order valence-corrected chi connectivity index (χ0v) is 14.4. The highest BCUT2D eigenvalue weighted by atomic mass is 35.5. The number of carbonyl (C=O) groups excluding carboxylic acids is 1. The van der Waals surface area contributed by atoms with Crippen LogP contribution in [0.3, 0.4) is 0 Å². The Hall–Kier alpha value is -1.86.